The Bertz CT molecular complexity index is 648. The van der Waals surface area contributed by atoms with E-state index in [1.54, 1.807) is 13.0 Å². The van der Waals surface area contributed by atoms with Crippen LogP contribution in [0.2, 0.25) is 0 Å². The molecule has 0 aliphatic heterocycles. The Morgan fingerprint density at radius 2 is 1.82 bits per heavy atom. The van der Waals surface area contributed by atoms with Gasteiger partial charge in [-0.2, -0.15) is 0 Å². The summed E-state index contributed by atoms with van der Waals surface area (Å²) >= 11 is 0. The number of aliphatic hydroxyl groups is 1. The molecule has 1 N–H and O–H groups in total. The van der Waals surface area contributed by atoms with E-state index in [4.69, 9.17) is 4.74 Å². The van der Waals surface area contributed by atoms with Gasteiger partial charge in [-0.1, -0.05) is 42.5 Å². The molecule has 22 heavy (non-hydrogen) atoms. The van der Waals surface area contributed by atoms with E-state index in [9.17, 15) is 14.3 Å². The highest BCUT2D eigenvalue weighted by molar-refractivity contribution is 5.95. The zero-order valence-corrected chi connectivity index (χ0v) is 12.2. The monoisotopic (exact) mass is 300 g/mol. The molecular weight excluding hydrogens is 283 g/mol. The van der Waals surface area contributed by atoms with E-state index >= 15 is 0 Å². The smallest absolute Gasteiger partial charge is 0.337 e. The summed E-state index contributed by atoms with van der Waals surface area (Å²) in [5.74, 6) is -0.996. The van der Waals surface area contributed by atoms with E-state index < -0.39 is 17.9 Å². The maximum atomic E-state index is 13.0. The van der Waals surface area contributed by atoms with Gasteiger partial charge in [-0.3, -0.25) is 0 Å². The van der Waals surface area contributed by atoms with Crippen molar-refractivity contribution in [3.63, 3.8) is 0 Å². The van der Waals surface area contributed by atoms with E-state index in [2.05, 4.69) is 0 Å². The number of halogens is 1. The molecule has 0 aliphatic rings. The lowest BCUT2D eigenvalue weighted by molar-refractivity contribution is -0.139. The van der Waals surface area contributed by atoms with Crippen LogP contribution >= 0.6 is 0 Å². The van der Waals surface area contributed by atoms with Gasteiger partial charge in [-0.15, -0.1) is 0 Å². The van der Waals surface area contributed by atoms with Crippen molar-refractivity contribution in [1.29, 1.82) is 0 Å². The second-order valence-electron chi connectivity index (χ2n) is 4.68. The summed E-state index contributed by atoms with van der Waals surface area (Å²) in [6, 6.07) is 14.5. The molecule has 0 spiro atoms. The number of carbonyl (C=O) groups excluding carboxylic acids is 1. The summed E-state index contributed by atoms with van der Waals surface area (Å²) in [5.41, 5.74) is 1.31. The number of esters is 1. The number of rotatable bonds is 5. The quantitative estimate of drug-likeness (QED) is 0.679. The van der Waals surface area contributed by atoms with Crippen molar-refractivity contribution in [2.45, 2.75) is 13.0 Å². The molecule has 0 amide bonds. The van der Waals surface area contributed by atoms with Gasteiger partial charge >= 0.3 is 5.97 Å². The first kappa shape index (κ1) is 15.9. The Labute approximate surface area is 128 Å². The topological polar surface area (TPSA) is 46.5 Å². The highest BCUT2D eigenvalue weighted by Gasteiger charge is 2.21. The fourth-order valence-corrected chi connectivity index (χ4v) is 2.02. The fraction of sp³-hybridized carbons (Fsp3) is 0.167. The van der Waals surface area contributed by atoms with E-state index in [-0.39, 0.29) is 12.2 Å². The fourth-order valence-electron chi connectivity index (χ4n) is 2.02. The molecule has 0 fully saturated rings. The lowest BCUT2D eigenvalue weighted by Gasteiger charge is -2.14. The molecule has 2 aromatic rings. The van der Waals surface area contributed by atoms with Crippen LogP contribution in [0.5, 0.6) is 0 Å². The van der Waals surface area contributed by atoms with Gasteiger partial charge in [0.2, 0.25) is 0 Å². The number of carbonyl (C=O) groups is 1. The van der Waals surface area contributed by atoms with Gasteiger partial charge in [0.1, 0.15) is 11.9 Å². The van der Waals surface area contributed by atoms with Crippen LogP contribution in [0.15, 0.2) is 60.2 Å². The van der Waals surface area contributed by atoms with Crippen LogP contribution in [0.25, 0.3) is 6.08 Å². The predicted octanol–water partition coefficient (Wildman–Crippen LogP) is 3.51. The number of aliphatic hydroxyl groups excluding tert-OH is 1. The Morgan fingerprint density at radius 1 is 1.18 bits per heavy atom. The molecule has 1 atom stereocenters. The van der Waals surface area contributed by atoms with Crippen molar-refractivity contribution in [2.24, 2.45) is 0 Å². The maximum Gasteiger partial charge on any atom is 0.337 e. The molecule has 1 unspecified atom stereocenters. The lowest BCUT2D eigenvalue weighted by Crippen LogP contribution is -2.14. The molecule has 0 heterocycles. The molecule has 0 aliphatic carbocycles. The van der Waals surface area contributed by atoms with Gasteiger partial charge in [-0.05, 0) is 36.3 Å². The third-order valence-electron chi connectivity index (χ3n) is 3.11. The average Bonchev–Trinajstić information content (AvgIpc) is 2.54. The molecule has 3 nitrogen and oxygen atoms in total. The van der Waals surface area contributed by atoms with Gasteiger partial charge in [0.25, 0.3) is 0 Å². The Morgan fingerprint density at radius 3 is 2.41 bits per heavy atom. The molecule has 2 rings (SSSR count). The third-order valence-corrected chi connectivity index (χ3v) is 3.11. The maximum absolute atomic E-state index is 13.0. The zero-order valence-electron chi connectivity index (χ0n) is 12.2. The van der Waals surface area contributed by atoms with Crippen molar-refractivity contribution in [3.8, 4) is 0 Å². The Kier molecular flexibility index (Phi) is 5.44. The van der Waals surface area contributed by atoms with Gasteiger partial charge < -0.3 is 9.84 Å². The molecule has 114 valence electrons. The molecule has 0 saturated heterocycles. The number of hydrogen-bond acceptors (Lipinski definition) is 3. The second kappa shape index (κ2) is 7.52. The van der Waals surface area contributed by atoms with E-state index in [0.29, 0.717) is 5.56 Å². The van der Waals surface area contributed by atoms with Crippen molar-refractivity contribution < 1.29 is 19.0 Å². The summed E-state index contributed by atoms with van der Waals surface area (Å²) in [6.45, 7) is 1.91. The first-order valence-corrected chi connectivity index (χ1v) is 6.99. The van der Waals surface area contributed by atoms with Crippen LogP contribution in [-0.2, 0) is 9.53 Å². The highest BCUT2D eigenvalue weighted by Crippen LogP contribution is 2.25. The van der Waals surface area contributed by atoms with Gasteiger partial charge in [0.05, 0.1) is 12.2 Å². The summed E-state index contributed by atoms with van der Waals surface area (Å²) < 4.78 is 18.0. The molecular formula is C18H17FO3. The minimum atomic E-state index is -1.18. The van der Waals surface area contributed by atoms with Gasteiger partial charge in [0.15, 0.2) is 0 Å². The van der Waals surface area contributed by atoms with Gasteiger partial charge in [-0.25, -0.2) is 9.18 Å². The Balaban J connectivity index is 2.37. The normalized spacial score (nSPS) is 12.8. The summed E-state index contributed by atoms with van der Waals surface area (Å²) in [5, 5.41) is 10.4. The minimum absolute atomic E-state index is 0.111. The first-order valence-electron chi connectivity index (χ1n) is 6.99. The van der Waals surface area contributed by atoms with Gasteiger partial charge in [0, 0.05) is 0 Å². The second-order valence-corrected chi connectivity index (χ2v) is 4.68. The Hall–Kier alpha value is -2.46. The van der Waals surface area contributed by atoms with Crippen LogP contribution in [0, 0.1) is 5.82 Å². The molecule has 0 saturated carbocycles. The average molecular weight is 300 g/mol. The minimum Gasteiger partial charge on any atom is -0.463 e. The first-order chi connectivity index (χ1) is 10.6. The molecule has 2 aromatic carbocycles. The summed E-state index contributed by atoms with van der Waals surface area (Å²) in [6.07, 6.45) is 0.395. The highest BCUT2D eigenvalue weighted by atomic mass is 19.1. The third kappa shape index (κ3) is 4.02. The molecule has 4 heteroatoms. The zero-order chi connectivity index (χ0) is 15.9. The van der Waals surface area contributed by atoms with Crippen molar-refractivity contribution in [2.75, 3.05) is 6.61 Å². The van der Waals surface area contributed by atoms with Crippen LogP contribution in [0.1, 0.15) is 24.2 Å². The lowest BCUT2D eigenvalue weighted by atomic mass is 9.99. The molecule has 0 bridgehead atoms. The van der Waals surface area contributed by atoms with E-state index in [1.165, 1.54) is 24.3 Å². The SMILES string of the molecule is CCOC(=O)/C(=C\c1ccccc1)C(O)c1ccc(F)cc1. The number of ether oxygens (including phenoxy) is 1. The van der Waals surface area contributed by atoms with Crippen LogP contribution in [0.3, 0.4) is 0 Å². The van der Waals surface area contributed by atoms with Crippen LogP contribution < -0.4 is 0 Å². The number of hydrogen-bond donors (Lipinski definition) is 1. The molecule has 0 radical (unpaired) electrons. The summed E-state index contributed by atoms with van der Waals surface area (Å²) in [4.78, 5) is 12.1. The molecule has 0 aromatic heterocycles. The standard InChI is InChI=1S/C18H17FO3/c1-2-22-18(21)16(12-13-6-4-3-5-7-13)17(20)14-8-10-15(19)11-9-14/h3-12,17,20H,2H2,1H3/b16-12-. The van der Waals surface area contributed by atoms with Crippen molar-refractivity contribution in [3.05, 3.63) is 77.1 Å². The summed E-state index contributed by atoms with van der Waals surface area (Å²) in [7, 11) is 0. The largest absolute Gasteiger partial charge is 0.463 e. The van der Waals surface area contributed by atoms with E-state index in [0.717, 1.165) is 5.56 Å². The van der Waals surface area contributed by atoms with E-state index in [1.807, 2.05) is 30.3 Å². The predicted molar refractivity (Wildman–Crippen MR) is 82.4 cm³/mol. The van der Waals surface area contributed by atoms with Crippen LogP contribution in [-0.4, -0.2) is 17.7 Å². The van der Waals surface area contributed by atoms with Crippen LogP contribution in [0.4, 0.5) is 4.39 Å². The van der Waals surface area contributed by atoms with Crippen molar-refractivity contribution in [1.82, 2.24) is 0 Å². The van der Waals surface area contributed by atoms with Crippen molar-refractivity contribution >= 4 is 12.0 Å². The number of benzene rings is 2.